The van der Waals surface area contributed by atoms with Gasteiger partial charge in [-0.25, -0.2) is 17.9 Å². The van der Waals surface area contributed by atoms with E-state index in [0.29, 0.717) is 11.4 Å². The van der Waals surface area contributed by atoms with Crippen LogP contribution in [0.5, 0.6) is 0 Å². The van der Waals surface area contributed by atoms with Crippen molar-refractivity contribution < 1.29 is 23.1 Å². The molecule has 10 heteroatoms. The van der Waals surface area contributed by atoms with Crippen molar-refractivity contribution in [1.82, 2.24) is 15.1 Å². The van der Waals surface area contributed by atoms with Crippen LogP contribution in [0.25, 0.3) is 5.69 Å². The van der Waals surface area contributed by atoms with Crippen molar-refractivity contribution in [3.05, 3.63) is 36.7 Å². The number of carboxylic acids is 1. The summed E-state index contributed by atoms with van der Waals surface area (Å²) in [5, 5.41) is 18.2. The van der Waals surface area contributed by atoms with Gasteiger partial charge in [-0.3, -0.25) is 4.79 Å². The molecule has 0 aliphatic heterocycles. The molecule has 0 bridgehead atoms. The van der Waals surface area contributed by atoms with E-state index in [1.807, 2.05) is 0 Å². The first-order valence-corrected chi connectivity index (χ1v) is 10.0. The molecular weight excluding hydrogens is 372 g/mol. The fraction of sp³-hybridized carbons (Fsp3) is 0.353. The second-order valence-electron chi connectivity index (χ2n) is 6.77. The van der Waals surface area contributed by atoms with Crippen LogP contribution in [0.3, 0.4) is 0 Å². The number of hydrogen-bond acceptors (Lipinski definition) is 5. The predicted molar refractivity (Wildman–Crippen MR) is 99.8 cm³/mol. The van der Waals surface area contributed by atoms with Crippen molar-refractivity contribution in [2.75, 3.05) is 11.6 Å². The van der Waals surface area contributed by atoms with E-state index >= 15 is 0 Å². The maximum Gasteiger partial charge on any atom is 0.319 e. The number of carbonyl (C=O) groups is 2. The molecule has 0 radical (unpaired) electrons. The van der Waals surface area contributed by atoms with Crippen LogP contribution in [0.15, 0.2) is 41.6 Å². The third-order valence-electron chi connectivity index (χ3n) is 3.77. The number of carboxylic acid groups (broad SMARTS) is 1. The van der Waals surface area contributed by atoms with Gasteiger partial charge in [0.25, 0.3) is 0 Å². The van der Waals surface area contributed by atoms with Gasteiger partial charge in [-0.1, -0.05) is 12.1 Å². The van der Waals surface area contributed by atoms with Gasteiger partial charge < -0.3 is 15.7 Å². The second-order valence-corrected chi connectivity index (χ2v) is 8.75. The molecule has 9 nitrogen and oxygen atoms in total. The van der Waals surface area contributed by atoms with Crippen LogP contribution >= 0.6 is 0 Å². The van der Waals surface area contributed by atoms with Gasteiger partial charge in [0.1, 0.15) is 0 Å². The molecule has 0 spiro atoms. The Morgan fingerprint density at radius 2 is 1.93 bits per heavy atom. The van der Waals surface area contributed by atoms with Gasteiger partial charge in [0, 0.05) is 18.2 Å². The van der Waals surface area contributed by atoms with Gasteiger partial charge in [-0.05, 0) is 32.4 Å². The molecule has 2 amide bonds. The maximum absolute atomic E-state index is 12.1. The molecule has 0 fully saturated rings. The summed E-state index contributed by atoms with van der Waals surface area (Å²) in [7, 11) is -3.44. The maximum atomic E-state index is 12.1. The van der Waals surface area contributed by atoms with E-state index in [0.717, 1.165) is 6.26 Å². The highest BCUT2D eigenvalue weighted by Crippen LogP contribution is 2.20. The van der Waals surface area contributed by atoms with Crippen LogP contribution in [0, 0.1) is 0 Å². The molecule has 0 aliphatic carbocycles. The quantitative estimate of drug-likeness (QED) is 0.659. The highest BCUT2D eigenvalue weighted by Gasteiger charge is 2.22. The van der Waals surface area contributed by atoms with Crippen molar-refractivity contribution in [1.29, 1.82) is 0 Å². The van der Waals surface area contributed by atoms with Gasteiger partial charge in [0.05, 0.1) is 28.7 Å². The van der Waals surface area contributed by atoms with E-state index in [1.165, 1.54) is 23.1 Å². The second kappa shape index (κ2) is 7.78. The fourth-order valence-electron chi connectivity index (χ4n) is 2.43. The number of nitrogens with one attached hydrogen (secondary N) is 2. The number of aliphatic carboxylic acids is 1. The zero-order valence-corrected chi connectivity index (χ0v) is 16.1. The number of rotatable bonds is 7. The molecule has 27 heavy (non-hydrogen) atoms. The number of benzene rings is 1. The van der Waals surface area contributed by atoms with Crippen LogP contribution < -0.4 is 10.6 Å². The summed E-state index contributed by atoms with van der Waals surface area (Å²) in [5.74, 6) is -0.934. The summed E-state index contributed by atoms with van der Waals surface area (Å²) in [5.41, 5.74) is 0.0292. The summed E-state index contributed by atoms with van der Waals surface area (Å²) in [6.07, 6.45) is 4.21. The summed E-state index contributed by atoms with van der Waals surface area (Å²) in [6.45, 7) is 3.45. The van der Waals surface area contributed by atoms with Gasteiger partial charge >= 0.3 is 12.0 Å². The zero-order valence-electron chi connectivity index (χ0n) is 15.3. The van der Waals surface area contributed by atoms with Crippen molar-refractivity contribution in [3.63, 3.8) is 0 Å². The molecule has 0 saturated carbocycles. The lowest BCUT2D eigenvalue weighted by atomic mass is 9.99. The van der Waals surface area contributed by atoms with E-state index in [9.17, 15) is 18.0 Å². The van der Waals surface area contributed by atoms with Crippen molar-refractivity contribution in [2.45, 2.75) is 37.1 Å². The lowest BCUT2D eigenvalue weighted by molar-refractivity contribution is -0.137. The Morgan fingerprint density at radius 1 is 1.26 bits per heavy atom. The summed E-state index contributed by atoms with van der Waals surface area (Å²) >= 11 is 0. The smallest absolute Gasteiger partial charge is 0.319 e. The number of sulfone groups is 1. The predicted octanol–water partition coefficient (Wildman–Crippen LogP) is 2.04. The van der Waals surface area contributed by atoms with Gasteiger partial charge in [0.2, 0.25) is 0 Å². The molecule has 0 atom stereocenters. The Labute approximate surface area is 157 Å². The monoisotopic (exact) mass is 394 g/mol. The standard InChI is InChI=1S/C17H22N4O5S/c1-17(2,9-8-15(22)23)20-16(24)19-12-10-18-21(11-12)13-6-4-5-7-14(13)27(3,25)26/h4-7,10-11H,8-9H2,1-3H3,(H,22,23)(H2,19,20,24). The average Bonchev–Trinajstić information content (AvgIpc) is 3.00. The topological polar surface area (TPSA) is 130 Å². The van der Waals surface area contributed by atoms with Crippen molar-refractivity contribution in [2.24, 2.45) is 0 Å². The summed E-state index contributed by atoms with van der Waals surface area (Å²) in [6, 6.07) is 5.90. The number of aromatic nitrogens is 2. The largest absolute Gasteiger partial charge is 0.481 e. The Bertz CT molecular complexity index is 950. The third-order valence-corrected chi connectivity index (χ3v) is 4.91. The van der Waals surface area contributed by atoms with Crippen LogP contribution in [-0.2, 0) is 14.6 Å². The molecule has 0 saturated heterocycles. The molecule has 2 rings (SSSR count). The van der Waals surface area contributed by atoms with Gasteiger partial charge in [-0.15, -0.1) is 0 Å². The molecule has 1 aromatic heterocycles. The lowest BCUT2D eigenvalue weighted by Crippen LogP contribution is -2.45. The van der Waals surface area contributed by atoms with E-state index in [-0.39, 0.29) is 17.7 Å². The molecular formula is C17H22N4O5S. The average molecular weight is 394 g/mol. The first-order valence-electron chi connectivity index (χ1n) is 8.13. The Kier molecular flexibility index (Phi) is 5.89. The molecule has 1 aromatic carbocycles. The van der Waals surface area contributed by atoms with E-state index < -0.39 is 27.4 Å². The molecule has 3 N–H and O–H groups in total. The van der Waals surface area contributed by atoms with Crippen molar-refractivity contribution >= 4 is 27.5 Å². The molecule has 0 aliphatic rings. The Morgan fingerprint density at radius 3 is 2.56 bits per heavy atom. The van der Waals surface area contributed by atoms with Gasteiger partial charge in [-0.2, -0.15) is 5.10 Å². The van der Waals surface area contributed by atoms with Gasteiger partial charge in [0.15, 0.2) is 9.84 Å². The van der Waals surface area contributed by atoms with E-state index in [4.69, 9.17) is 5.11 Å². The Balaban J connectivity index is 2.11. The summed E-state index contributed by atoms with van der Waals surface area (Å²) in [4.78, 5) is 22.9. The number of amides is 2. The number of carbonyl (C=O) groups excluding carboxylic acids is 1. The van der Waals surface area contributed by atoms with Crippen LogP contribution in [-0.4, -0.2) is 47.1 Å². The van der Waals surface area contributed by atoms with Crippen LogP contribution in [0.2, 0.25) is 0 Å². The number of hydrogen-bond donors (Lipinski definition) is 3. The fourth-order valence-corrected chi connectivity index (χ4v) is 3.30. The normalized spacial score (nSPS) is 11.8. The first-order chi connectivity index (χ1) is 12.5. The van der Waals surface area contributed by atoms with E-state index in [2.05, 4.69) is 15.7 Å². The third kappa shape index (κ3) is 5.81. The highest BCUT2D eigenvalue weighted by atomic mass is 32.2. The SMILES string of the molecule is CC(C)(CCC(=O)O)NC(=O)Nc1cnn(-c2ccccc2S(C)(=O)=O)c1. The van der Waals surface area contributed by atoms with E-state index in [1.54, 1.807) is 32.0 Å². The van der Waals surface area contributed by atoms with Crippen molar-refractivity contribution in [3.8, 4) is 5.69 Å². The molecule has 146 valence electrons. The summed E-state index contributed by atoms with van der Waals surface area (Å²) < 4.78 is 25.2. The molecule has 2 aromatic rings. The highest BCUT2D eigenvalue weighted by molar-refractivity contribution is 7.90. The van der Waals surface area contributed by atoms with Crippen LogP contribution in [0.1, 0.15) is 26.7 Å². The minimum absolute atomic E-state index is 0.0620. The van der Waals surface area contributed by atoms with Crippen LogP contribution in [0.4, 0.5) is 10.5 Å². The Hall–Kier alpha value is -2.88. The zero-order chi connectivity index (χ0) is 20.2. The number of nitrogens with zero attached hydrogens (tertiary/aromatic N) is 2. The number of para-hydroxylation sites is 1. The minimum Gasteiger partial charge on any atom is -0.481 e. The number of anilines is 1. The molecule has 0 unspecified atom stereocenters. The number of urea groups is 1. The first kappa shape index (κ1) is 20.4. The minimum atomic E-state index is -3.44. The lowest BCUT2D eigenvalue weighted by Gasteiger charge is -2.25. The molecule has 1 heterocycles.